The highest BCUT2D eigenvalue weighted by atomic mass is 16.4. The Labute approximate surface area is 123 Å². The number of phenols is 2. The zero-order valence-electron chi connectivity index (χ0n) is 12.2. The predicted molar refractivity (Wildman–Crippen MR) is 77.1 cm³/mol. The van der Waals surface area contributed by atoms with Gasteiger partial charge in [0.05, 0.1) is 0 Å². The first kappa shape index (κ1) is 16.8. The van der Waals surface area contributed by atoms with Crippen molar-refractivity contribution in [2.75, 3.05) is 0 Å². The van der Waals surface area contributed by atoms with Gasteiger partial charge in [0, 0.05) is 12.8 Å². The number of aliphatic carboxylic acids is 1. The van der Waals surface area contributed by atoms with Crippen molar-refractivity contribution in [2.45, 2.75) is 39.2 Å². The first-order valence-electron chi connectivity index (χ1n) is 6.86. The Morgan fingerprint density at radius 2 is 1.90 bits per heavy atom. The van der Waals surface area contributed by atoms with E-state index in [1.807, 2.05) is 13.8 Å². The highest BCUT2D eigenvalue weighted by Gasteiger charge is 2.21. The molecule has 0 aliphatic rings. The highest BCUT2D eigenvalue weighted by molar-refractivity contribution is 5.83. The van der Waals surface area contributed by atoms with E-state index in [0.717, 1.165) is 6.42 Å². The van der Waals surface area contributed by atoms with E-state index in [9.17, 15) is 24.9 Å². The highest BCUT2D eigenvalue weighted by Crippen LogP contribution is 2.25. The fraction of sp³-hybridized carbons (Fsp3) is 0.467. The summed E-state index contributed by atoms with van der Waals surface area (Å²) in [5, 5.41) is 30.3. The zero-order valence-corrected chi connectivity index (χ0v) is 12.2. The van der Waals surface area contributed by atoms with E-state index < -0.39 is 12.0 Å². The standard InChI is InChI=1S/C15H21NO5/c1-3-9(2)6-14(19)16-11(15(20)21)7-10-4-5-12(17)13(18)8-10/h4-5,8-9,11,17-18H,3,6-7H2,1-2H3,(H,16,19)(H,20,21). The van der Waals surface area contributed by atoms with E-state index >= 15 is 0 Å². The number of phenolic OH excluding ortho intramolecular Hbond substituents is 2. The molecule has 1 aromatic carbocycles. The monoisotopic (exact) mass is 295 g/mol. The molecule has 4 N–H and O–H groups in total. The van der Waals surface area contributed by atoms with E-state index in [4.69, 9.17) is 0 Å². The van der Waals surface area contributed by atoms with Crippen LogP contribution in [0.1, 0.15) is 32.3 Å². The summed E-state index contributed by atoms with van der Waals surface area (Å²) < 4.78 is 0. The van der Waals surface area contributed by atoms with Crippen molar-refractivity contribution in [3.63, 3.8) is 0 Å². The van der Waals surface area contributed by atoms with Crippen LogP contribution in [0.4, 0.5) is 0 Å². The lowest BCUT2D eigenvalue weighted by Crippen LogP contribution is -2.42. The molecule has 0 heterocycles. The van der Waals surface area contributed by atoms with E-state index in [1.165, 1.54) is 18.2 Å². The Balaban J connectivity index is 2.71. The fourth-order valence-corrected chi connectivity index (χ4v) is 1.85. The van der Waals surface area contributed by atoms with E-state index in [0.29, 0.717) is 5.56 Å². The van der Waals surface area contributed by atoms with Crippen LogP contribution in [0.25, 0.3) is 0 Å². The Morgan fingerprint density at radius 3 is 2.43 bits per heavy atom. The second-order valence-electron chi connectivity index (χ2n) is 5.20. The number of hydrogen-bond acceptors (Lipinski definition) is 4. The molecule has 0 saturated carbocycles. The van der Waals surface area contributed by atoms with Gasteiger partial charge in [-0.2, -0.15) is 0 Å². The molecule has 0 spiro atoms. The third kappa shape index (κ3) is 5.33. The third-order valence-electron chi connectivity index (χ3n) is 3.34. The van der Waals surface area contributed by atoms with Crippen LogP contribution in [0.2, 0.25) is 0 Å². The van der Waals surface area contributed by atoms with Crippen molar-refractivity contribution in [1.29, 1.82) is 0 Å². The number of amides is 1. The molecule has 6 heteroatoms. The number of carboxylic acid groups (broad SMARTS) is 1. The van der Waals surface area contributed by atoms with E-state index in [1.54, 1.807) is 0 Å². The van der Waals surface area contributed by atoms with Gasteiger partial charge in [-0.25, -0.2) is 4.79 Å². The molecule has 0 aromatic heterocycles. The fourth-order valence-electron chi connectivity index (χ4n) is 1.85. The summed E-state index contributed by atoms with van der Waals surface area (Å²) in [4.78, 5) is 23.0. The normalized spacial score (nSPS) is 13.4. The van der Waals surface area contributed by atoms with Crippen LogP contribution >= 0.6 is 0 Å². The number of carboxylic acids is 1. The van der Waals surface area contributed by atoms with Crippen molar-refractivity contribution >= 4 is 11.9 Å². The molecule has 21 heavy (non-hydrogen) atoms. The molecule has 0 aliphatic heterocycles. The number of carbonyl (C=O) groups excluding carboxylic acids is 1. The second-order valence-corrected chi connectivity index (χ2v) is 5.20. The molecule has 116 valence electrons. The summed E-state index contributed by atoms with van der Waals surface area (Å²) in [7, 11) is 0. The van der Waals surface area contributed by atoms with Crippen LogP contribution in [0.3, 0.4) is 0 Å². The van der Waals surface area contributed by atoms with Gasteiger partial charge >= 0.3 is 5.97 Å². The summed E-state index contributed by atoms with van der Waals surface area (Å²) >= 11 is 0. The zero-order chi connectivity index (χ0) is 16.0. The summed E-state index contributed by atoms with van der Waals surface area (Å²) in [5.41, 5.74) is 0.515. The Kier molecular flexibility index (Phi) is 6.02. The maximum atomic E-state index is 11.8. The van der Waals surface area contributed by atoms with Gasteiger partial charge in [-0.05, 0) is 23.6 Å². The number of aromatic hydroxyl groups is 2. The summed E-state index contributed by atoms with van der Waals surface area (Å²) in [5.74, 6) is -1.84. The molecule has 0 saturated heterocycles. The van der Waals surface area contributed by atoms with Crippen molar-refractivity contribution in [1.82, 2.24) is 5.32 Å². The maximum Gasteiger partial charge on any atom is 0.326 e. The van der Waals surface area contributed by atoms with Crippen molar-refractivity contribution in [3.05, 3.63) is 23.8 Å². The largest absolute Gasteiger partial charge is 0.504 e. The molecule has 6 nitrogen and oxygen atoms in total. The smallest absolute Gasteiger partial charge is 0.326 e. The van der Waals surface area contributed by atoms with E-state index in [2.05, 4.69) is 5.32 Å². The molecule has 2 unspecified atom stereocenters. The molecule has 1 aromatic rings. The molecule has 0 fully saturated rings. The van der Waals surface area contributed by atoms with Gasteiger partial charge in [-0.3, -0.25) is 4.79 Å². The van der Waals surface area contributed by atoms with Gasteiger partial charge < -0.3 is 20.6 Å². The van der Waals surface area contributed by atoms with Gasteiger partial charge in [-0.1, -0.05) is 26.3 Å². The minimum absolute atomic E-state index is 0.0371. The molecule has 1 rings (SSSR count). The van der Waals surface area contributed by atoms with Gasteiger partial charge in [0.1, 0.15) is 6.04 Å². The number of benzene rings is 1. The van der Waals surface area contributed by atoms with Crippen LogP contribution < -0.4 is 5.32 Å². The Morgan fingerprint density at radius 1 is 1.24 bits per heavy atom. The lowest BCUT2D eigenvalue weighted by Gasteiger charge is -2.16. The van der Waals surface area contributed by atoms with E-state index in [-0.39, 0.29) is 36.2 Å². The number of hydrogen-bond donors (Lipinski definition) is 4. The average molecular weight is 295 g/mol. The van der Waals surface area contributed by atoms with Crippen LogP contribution in [0.5, 0.6) is 11.5 Å². The van der Waals surface area contributed by atoms with Gasteiger partial charge in [-0.15, -0.1) is 0 Å². The Bertz CT molecular complexity index is 515. The lowest BCUT2D eigenvalue weighted by atomic mass is 10.0. The van der Waals surface area contributed by atoms with Crippen molar-refractivity contribution < 1.29 is 24.9 Å². The number of carbonyl (C=O) groups is 2. The summed E-state index contributed by atoms with van der Waals surface area (Å²) in [6.07, 6.45) is 1.16. The molecule has 0 radical (unpaired) electrons. The minimum atomic E-state index is -1.14. The number of rotatable bonds is 7. The van der Waals surface area contributed by atoms with Crippen LogP contribution in [0.15, 0.2) is 18.2 Å². The van der Waals surface area contributed by atoms with Crippen LogP contribution in [-0.2, 0) is 16.0 Å². The quantitative estimate of drug-likeness (QED) is 0.572. The van der Waals surface area contributed by atoms with Gasteiger partial charge in [0.15, 0.2) is 11.5 Å². The van der Waals surface area contributed by atoms with Gasteiger partial charge in [0.2, 0.25) is 5.91 Å². The average Bonchev–Trinajstić information content (AvgIpc) is 2.41. The third-order valence-corrected chi connectivity index (χ3v) is 3.34. The topological polar surface area (TPSA) is 107 Å². The molecule has 2 atom stereocenters. The van der Waals surface area contributed by atoms with Crippen molar-refractivity contribution in [3.8, 4) is 11.5 Å². The Hall–Kier alpha value is -2.24. The molecule has 0 aliphatic carbocycles. The summed E-state index contributed by atoms with van der Waals surface area (Å²) in [6, 6.07) is 3.01. The molecular weight excluding hydrogens is 274 g/mol. The predicted octanol–water partition coefficient (Wildman–Crippen LogP) is 1.65. The molecular formula is C15H21NO5. The molecule has 0 bridgehead atoms. The van der Waals surface area contributed by atoms with Gasteiger partial charge in [0.25, 0.3) is 0 Å². The minimum Gasteiger partial charge on any atom is -0.504 e. The first-order valence-corrected chi connectivity index (χ1v) is 6.86. The van der Waals surface area contributed by atoms with Crippen LogP contribution in [0, 0.1) is 5.92 Å². The summed E-state index contributed by atoms with van der Waals surface area (Å²) in [6.45, 7) is 3.89. The van der Waals surface area contributed by atoms with Crippen molar-refractivity contribution in [2.24, 2.45) is 5.92 Å². The SMILES string of the molecule is CCC(C)CC(=O)NC(Cc1ccc(O)c(O)c1)C(=O)O. The molecule has 1 amide bonds. The maximum absolute atomic E-state index is 11.8. The second kappa shape index (κ2) is 7.52. The number of nitrogens with one attached hydrogen (secondary N) is 1. The lowest BCUT2D eigenvalue weighted by molar-refractivity contribution is -0.141. The first-order chi connectivity index (χ1) is 9.83. The van der Waals surface area contributed by atoms with Crippen LogP contribution in [-0.4, -0.2) is 33.2 Å².